The number of anilines is 1. The monoisotopic (exact) mass is 777 g/mol. The average molecular weight is 778 g/mol. The molecule has 2 aromatic carbocycles. The van der Waals surface area contributed by atoms with Crippen LogP contribution in [0.25, 0.3) is 0 Å². The van der Waals surface area contributed by atoms with Crippen molar-refractivity contribution >= 4 is 62.0 Å². The van der Waals surface area contributed by atoms with E-state index in [9.17, 15) is 32.3 Å². The first-order valence-electron chi connectivity index (χ1n) is 15.6. The standard InChI is InChI=1S/C33H43ClF4N5O6P.CH2O/c1-10-23(39-30(47)49-31(3,4)5)27(45)43(17-19-11-13-20(34)14-12-19)24-15-21(22(35)16-25(24)50-9)26(44)42-41-18(2)32(6,7)28(33(36,37)38)40-29(46)48-8;1-2/h11-16,23,28,41,50H,2,10,17H2,1,3-9H3,(H,39,47)(H,40,46)(H,42,44);1H2/t23-,28?;/m0./s1. The van der Waals surface area contributed by atoms with Gasteiger partial charge in [0.2, 0.25) is 5.91 Å². The third-order valence-corrected chi connectivity index (χ3v) is 8.60. The topological polar surface area (TPSA) is 155 Å². The molecule has 18 heteroatoms. The van der Waals surface area contributed by atoms with Gasteiger partial charge in [0.15, 0.2) is 0 Å². The fourth-order valence-electron chi connectivity index (χ4n) is 4.57. The van der Waals surface area contributed by atoms with E-state index in [0.717, 1.165) is 33.1 Å². The lowest BCUT2D eigenvalue weighted by Crippen LogP contribution is -2.57. The van der Waals surface area contributed by atoms with Crippen molar-refractivity contribution in [3.63, 3.8) is 0 Å². The molecule has 0 aromatic heterocycles. The summed E-state index contributed by atoms with van der Waals surface area (Å²) in [5, 5.41) is 5.11. The van der Waals surface area contributed by atoms with Gasteiger partial charge in [0, 0.05) is 16.1 Å². The number of rotatable bonds is 13. The highest BCUT2D eigenvalue weighted by atomic mass is 35.5. The highest BCUT2D eigenvalue weighted by Gasteiger charge is 2.51. The summed E-state index contributed by atoms with van der Waals surface area (Å²) in [7, 11) is 0.844. The Morgan fingerprint density at radius 3 is 2.02 bits per heavy atom. The van der Waals surface area contributed by atoms with Crippen molar-refractivity contribution < 1.29 is 51.0 Å². The second-order valence-corrected chi connectivity index (χ2v) is 14.1. The van der Waals surface area contributed by atoms with Crippen LogP contribution in [0.3, 0.4) is 0 Å². The van der Waals surface area contributed by atoms with E-state index in [2.05, 4.69) is 27.5 Å². The Morgan fingerprint density at radius 2 is 1.54 bits per heavy atom. The third kappa shape index (κ3) is 13.0. The van der Waals surface area contributed by atoms with Crippen LogP contribution in [0.5, 0.6) is 0 Å². The molecule has 0 aliphatic rings. The fraction of sp³-hybridized carbons (Fsp3) is 0.441. The number of hydrogen-bond donors (Lipinski definition) is 4. The summed E-state index contributed by atoms with van der Waals surface area (Å²) < 4.78 is 66.8. The van der Waals surface area contributed by atoms with E-state index < -0.39 is 64.7 Å². The van der Waals surface area contributed by atoms with Gasteiger partial charge in [0.1, 0.15) is 30.3 Å². The lowest BCUT2D eigenvalue weighted by molar-refractivity contribution is -0.173. The SMILES string of the molecule is C=C(NNC(=O)c1cc(N(Cc2ccc(Cl)cc2)C(=O)[C@H](CC)NC(=O)OC(C)(C)C)c(PC)cc1F)C(C)(C)C(NC(=O)OC)C(F)(F)F.C=O. The Balaban J connectivity index is 0.00000664. The number of carbonyl (C=O) groups is 5. The number of hydrogen-bond acceptors (Lipinski definition) is 8. The number of benzene rings is 2. The minimum Gasteiger partial charge on any atom is -0.453 e. The van der Waals surface area contributed by atoms with Gasteiger partial charge >= 0.3 is 18.4 Å². The van der Waals surface area contributed by atoms with E-state index in [4.69, 9.17) is 21.1 Å². The average Bonchev–Trinajstić information content (AvgIpc) is 3.07. The molecule has 2 aromatic rings. The summed E-state index contributed by atoms with van der Waals surface area (Å²) in [5.74, 6) is -2.66. The van der Waals surface area contributed by atoms with Crippen molar-refractivity contribution in [2.45, 2.75) is 78.4 Å². The molecule has 0 spiro atoms. The maximum atomic E-state index is 15.5. The molecule has 3 atom stereocenters. The lowest BCUT2D eigenvalue weighted by atomic mass is 9.81. The molecule has 0 radical (unpaired) electrons. The van der Waals surface area contributed by atoms with Crippen LogP contribution in [0, 0.1) is 11.2 Å². The van der Waals surface area contributed by atoms with E-state index in [-0.39, 0.29) is 32.9 Å². The van der Waals surface area contributed by atoms with Gasteiger partial charge in [-0.05, 0) is 69.0 Å². The van der Waals surface area contributed by atoms with E-state index in [1.807, 2.05) is 6.79 Å². The van der Waals surface area contributed by atoms with Gasteiger partial charge in [-0.1, -0.05) is 59.7 Å². The molecule has 4 amide bonds. The molecule has 0 heterocycles. The first-order chi connectivity index (χ1) is 24.0. The number of amides is 4. The zero-order valence-corrected chi connectivity index (χ0v) is 31.9. The number of carbonyl (C=O) groups excluding carboxylic acids is 5. The zero-order valence-electron chi connectivity index (χ0n) is 30.1. The largest absolute Gasteiger partial charge is 0.453 e. The van der Waals surface area contributed by atoms with Crippen molar-refractivity contribution in [2.24, 2.45) is 5.41 Å². The predicted molar refractivity (Wildman–Crippen MR) is 192 cm³/mol. The number of halogens is 5. The molecule has 52 heavy (non-hydrogen) atoms. The van der Waals surface area contributed by atoms with Crippen molar-refractivity contribution in [3.8, 4) is 0 Å². The first kappa shape index (κ1) is 45.6. The minimum absolute atomic E-state index is 0.0595. The first-order valence-corrected chi connectivity index (χ1v) is 17.5. The summed E-state index contributed by atoms with van der Waals surface area (Å²) in [4.78, 5) is 61.1. The molecule has 2 rings (SSSR count). The molecule has 2 unspecified atom stereocenters. The number of hydrazine groups is 1. The van der Waals surface area contributed by atoms with E-state index in [0.29, 0.717) is 15.9 Å². The Kier molecular flexibility index (Phi) is 17.0. The maximum absolute atomic E-state index is 15.5. The second kappa shape index (κ2) is 19.4. The fourth-order valence-corrected chi connectivity index (χ4v) is 5.43. The van der Waals surface area contributed by atoms with E-state index in [1.54, 1.807) is 63.9 Å². The van der Waals surface area contributed by atoms with Crippen LogP contribution in [-0.4, -0.2) is 68.4 Å². The van der Waals surface area contributed by atoms with Gasteiger partial charge in [0.25, 0.3) is 5.91 Å². The Bertz CT molecular complexity index is 1590. The summed E-state index contributed by atoms with van der Waals surface area (Å²) in [6.45, 7) is 16.2. The molecule has 0 aliphatic heterocycles. The molecule has 12 nitrogen and oxygen atoms in total. The Morgan fingerprint density at radius 1 is 0.962 bits per heavy atom. The van der Waals surface area contributed by atoms with E-state index in [1.165, 1.54) is 4.90 Å². The predicted octanol–water partition coefficient (Wildman–Crippen LogP) is 6.13. The smallest absolute Gasteiger partial charge is 0.409 e. The highest BCUT2D eigenvalue weighted by molar-refractivity contribution is 7.46. The highest BCUT2D eigenvalue weighted by Crippen LogP contribution is 2.37. The molecule has 0 saturated carbocycles. The van der Waals surface area contributed by atoms with Crippen molar-refractivity contribution in [3.05, 3.63) is 70.6 Å². The van der Waals surface area contributed by atoms with Gasteiger partial charge < -0.3 is 35.2 Å². The second-order valence-electron chi connectivity index (χ2n) is 12.6. The van der Waals surface area contributed by atoms with Crippen LogP contribution in [0.2, 0.25) is 5.02 Å². The molecule has 0 aliphatic carbocycles. The van der Waals surface area contributed by atoms with Crippen LogP contribution < -0.4 is 31.7 Å². The molecule has 0 fully saturated rings. The number of methoxy groups -OCH3 is 1. The number of ether oxygens (including phenoxy) is 2. The number of alkyl halides is 3. The van der Waals surface area contributed by atoms with Crippen LogP contribution >= 0.6 is 20.2 Å². The van der Waals surface area contributed by atoms with Crippen LogP contribution in [0.1, 0.15) is 63.9 Å². The molecule has 0 bridgehead atoms. The summed E-state index contributed by atoms with van der Waals surface area (Å²) in [5.41, 5.74) is 1.51. The zero-order chi connectivity index (χ0) is 40.2. The summed E-state index contributed by atoms with van der Waals surface area (Å²) in [6, 6.07) is 5.26. The van der Waals surface area contributed by atoms with Crippen LogP contribution in [0.4, 0.5) is 32.8 Å². The third-order valence-electron chi connectivity index (χ3n) is 7.41. The number of alkyl carbamates (subject to hydrolysis) is 2. The molecule has 0 saturated heterocycles. The minimum atomic E-state index is -4.95. The van der Waals surface area contributed by atoms with Gasteiger partial charge in [-0.2, -0.15) is 13.2 Å². The van der Waals surface area contributed by atoms with Crippen molar-refractivity contribution in [1.29, 1.82) is 0 Å². The summed E-state index contributed by atoms with van der Waals surface area (Å²) in [6.07, 6.45) is -6.96. The quantitative estimate of drug-likeness (QED) is 0.108. The normalized spacial score (nSPS) is 12.8. The Hall–Kier alpha value is -4.43. The molecular weight excluding hydrogens is 733 g/mol. The van der Waals surface area contributed by atoms with Crippen molar-refractivity contribution in [2.75, 3.05) is 18.7 Å². The summed E-state index contributed by atoms with van der Waals surface area (Å²) >= 11 is 6.06. The lowest BCUT2D eigenvalue weighted by Gasteiger charge is -2.37. The maximum Gasteiger partial charge on any atom is 0.409 e. The van der Waals surface area contributed by atoms with Crippen LogP contribution in [-0.2, 0) is 25.6 Å². The number of nitrogens with zero attached hydrogens (tertiary/aromatic N) is 1. The van der Waals surface area contributed by atoms with Crippen LogP contribution in [0.15, 0.2) is 48.7 Å². The van der Waals surface area contributed by atoms with Gasteiger partial charge in [-0.25, -0.2) is 14.0 Å². The van der Waals surface area contributed by atoms with E-state index >= 15 is 4.39 Å². The van der Waals surface area contributed by atoms with Gasteiger partial charge in [0.05, 0.1) is 24.9 Å². The molecule has 288 valence electrons. The number of nitrogens with one attached hydrogen (secondary N) is 4. The molecule has 4 N–H and O–H groups in total. The molecular formula is C34H45ClF4N5O7P. The van der Waals surface area contributed by atoms with Gasteiger partial charge in [-0.15, -0.1) is 0 Å². The van der Waals surface area contributed by atoms with Crippen molar-refractivity contribution in [1.82, 2.24) is 21.5 Å². The van der Waals surface area contributed by atoms with Gasteiger partial charge in [-0.3, -0.25) is 15.0 Å². The Labute approximate surface area is 307 Å².